The summed E-state index contributed by atoms with van der Waals surface area (Å²) in [5, 5.41) is 2.57. The van der Waals surface area contributed by atoms with E-state index in [2.05, 4.69) is 5.32 Å². The molecule has 0 spiro atoms. The zero-order valence-electron chi connectivity index (χ0n) is 11.1. The summed E-state index contributed by atoms with van der Waals surface area (Å²) in [6, 6.07) is 7.01. The van der Waals surface area contributed by atoms with Crippen LogP contribution in [0, 0.1) is 5.82 Å². The van der Waals surface area contributed by atoms with Crippen LogP contribution in [0.1, 0.15) is 10.5 Å². The van der Waals surface area contributed by atoms with Crippen molar-refractivity contribution in [3.8, 4) is 0 Å². The molecule has 1 amide bonds. The lowest BCUT2D eigenvalue weighted by molar-refractivity contribution is -0.119. The van der Waals surface area contributed by atoms with E-state index >= 15 is 0 Å². The van der Waals surface area contributed by atoms with Crippen LogP contribution in [-0.4, -0.2) is 23.1 Å². The first-order valence-corrected chi connectivity index (χ1v) is 6.38. The summed E-state index contributed by atoms with van der Waals surface area (Å²) >= 11 is 5.71. The summed E-state index contributed by atoms with van der Waals surface area (Å²) in [4.78, 5) is 23.3. The quantitative estimate of drug-likeness (QED) is 0.883. The van der Waals surface area contributed by atoms with Gasteiger partial charge in [0.2, 0.25) is 0 Å². The molecule has 2 aromatic rings. The number of carbonyl (C=O) groups excluding carboxylic acids is 2. The van der Waals surface area contributed by atoms with E-state index in [0.29, 0.717) is 5.69 Å². The van der Waals surface area contributed by atoms with Gasteiger partial charge in [-0.15, -0.1) is 0 Å². The van der Waals surface area contributed by atoms with Crippen molar-refractivity contribution in [3.63, 3.8) is 0 Å². The largest absolute Gasteiger partial charge is 0.451 e. The Morgan fingerprint density at radius 1 is 1.38 bits per heavy atom. The lowest BCUT2D eigenvalue weighted by Gasteiger charge is -2.08. The first kappa shape index (κ1) is 15.1. The second-order valence-electron chi connectivity index (χ2n) is 4.25. The summed E-state index contributed by atoms with van der Waals surface area (Å²) in [6.07, 6.45) is 1.68. The molecule has 0 saturated carbocycles. The van der Waals surface area contributed by atoms with Gasteiger partial charge in [0.25, 0.3) is 5.91 Å². The Morgan fingerprint density at radius 3 is 2.81 bits per heavy atom. The molecule has 2 rings (SSSR count). The van der Waals surface area contributed by atoms with Crippen molar-refractivity contribution >= 4 is 29.2 Å². The molecule has 21 heavy (non-hydrogen) atoms. The third kappa shape index (κ3) is 3.82. The van der Waals surface area contributed by atoms with Crippen molar-refractivity contribution in [3.05, 3.63) is 53.1 Å². The van der Waals surface area contributed by atoms with E-state index in [0.717, 1.165) is 6.07 Å². The van der Waals surface area contributed by atoms with E-state index in [9.17, 15) is 14.0 Å². The Hall–Kier alpha value is -2.34. The van der Waals surface area contributed by atoms with Gasteiger partial charge in [0.15, 0.2) is 6.61 Å². The molecule has 0 aliphatic rings. The van der Waals surface area contributed by atoms with Crippen LogP contribution in [0.15, 0.2) is 36.5 Å². The first-order valence-electron chi connectivity index (χ1n) is 6.00. The Kier molecular flexibility index (Phi) is 4.59. The van der Waals surface area contributed by atoms with Crippen LogP contribution in [0.5, 0.6) is 0 Å². The van der Waals surface area contributed by atoms with Gasteiger partial charge in [0, 0.05) is 18.3 Å². The van der Waals surface area contributed by atoms with Gasteiger partial charge in [-0.1, -0.05) is 11.6 Å². The molecule has 0 bridgehead atoms. The normalized spacial score (nSPS) is 10.2. The van der Waals surface area contributed by atoms with Gasteiger partial charge in [0.1, 0.15) is 11.5 Å². The maximum atomic E-state index is 13.4. The Bertz CT molecular complexity index is 685. The number of anilines is 1. The number of hydrogen-bond donors (Lipinski definition) is 1. The van der Waals surface area contributed by atoms with Crippen LogP contribution >= 0.6 is 11.6 Å². The number of amides is 1. The van der Waals surface area contributed by atoms with E-state index < -0.39 is 24.3 Å². The second-order valence-corrected chi connectivity index (χ2v) is 4.69. The van der Waals surface area contributed by atoms with Gasteiger partial charge in [-0.2, -0.15) is 0 Å². The van der Waals surface area contributed by atoms with Gasteiger partial charge in [-0.3, -0.25) is 4.79 Å². The van der Waals surface area contributed by atoms with Crippen molar-refractivity contribution in [1.82, 2.24) is 4.57 Å². The van der Waals surface area contributed by atoms with Gasteiger partial charge >= 0.3 is 5.97 Å². The van der Waals surface area contributed by atoms with Gasteiger partial charge in [0.05, 0.1) is 5.69 Å². The molecule has 1 aromatic carbocycles. The number of nitrogens with one attached hydrogen (secondary N) is 1. The number of hydrogen-bond acceptors (Lipinski definition) is 3. The molecule has 7 heteroatoms. The molecule has 0 atom stereocenters. The number of aryl methyl sites for hydroxylation is 1. The highest BCUT2D eigenvalue weighted by Gasteiger charge is 2.13. The highest BCUT2D eigenvalue weighted by atomic mass is 35.5. The van der Waals surface area contributed by atoms with Crippen molar-refractivity contribution in [1.29, 1.82) is 0 Å². The number of esters is 1. The zero-order chi connectivity index (χ0) is 15.4. The molecule has 0 saturated heterocycles. The Labute approximate surface area is 125 Å². The highest BCUT2D eigenvalue weighted by molar-refractivity contribution is 6.30. The second kappa shape index (κ2) is 6.41. The summed E-state index contributed by atoms with van der Waals surface area (Å²) < 4.78 is 19.8. The van der Waals surface area contributed by atoms with Crippen molar-refractivity contribution in [2.45, 2.75) is 0 Å². The topological polar surface area (TPSA) is 60.3 Å². The Morgan fingerprint density at radius 2 is 2.14 bits per heavy atom. The lowest BCUT2D eigenvalue weighted by Crippen LogP contribution is -2.22. The highest BCUT2D eigenvalue weighted by Crippen LogP contribution is 2.19. The smallest absolute Gasteiger partial charge is 0.355 e. The summed E-state index contributed by atoms with van der Waals surface area (Å²) in [6.45, 7) is -0.518. The maximum absolute atomic E-state index is 13.4. The molecule has 1 N–H and O–H groups in total. The van der Waals surface area contributed by atoms with Crippen LogP contribution in [0.2, 0.25) is 5.02 Å². The third-order valence-corrected chi connectivity index (χ3v) is 2.92. The number of benzene rings is 1. The standard InChI is InChI=1S/C14H12ClFN2O3/c1-18-6-2-3-12(18)14(20)21-8-13(19)17-11-7-9(15)4-5-10(11)16/h2-7H,8H2,1H3,(H,17,19). The number of aromatic nitrogens is 1. The van der Waals surface area contributed by atoms with E-state index in [4.69, 9.17) is 16.3 Å². The van der Waals surface area contributed by atoms with Crippen LogP contribution in [0.4, 0.5) is 10.1 Å². The molecule has 0 fully saturated rings. The molecule has 0 radical (unpaired) electrons. The molecular formula is C14H12ClFN2O3. The summed E-state index contributed by atoms with van der Waals surface area (Å²) in [5.74, 6) is -1.91. The van der Waals surface area contributed by atoms with E-state index in [1.165, 1.54) is 12.1 Å². The van der Waals surface area contributed by atoms with Crippen molar-refractivity contribution < 1.29 is 18.7 Å². The number of halogens is 2. The minimum atomic E-state index is -0.654. The minimum absolute atomic E-state index is 0.0672. The van der Waals surface area contributed by atoms with Gasteiger partial charge in [-0.25, -0.2) is 9.18 Å². The fraction of sp³-hybridized carbons (Fsp3) is 0.143. The summed E-state index contributed by atoms with van der Waals surface area (Å²) in [5.41, 5.74) is 0.249. The zero-order valence-corrected chi connectivity index (χ0v) is 11.9. The van der Waals surface area contributed by atoms with Crippen LogP contribution in [-0.2, 0) is 16.6 Å². The third-order valence-electron chi connectivity index (χ3n) is 2.69. The molecule has 1 aromatic heterocycles. The fourth-order valence-electron chi connectivity index (χ4n) is 1.66. The molecule has 0 aliphatic carbocycles. The fourth-order valence-corrected chi connectivity index (χ4v) is 1.83. The van der Waals surface area contributed by atoms with Gasteiger partial charge < -0.3 is 14.6 Å². The van der Waals surface area contributed by atoms with Gasteiger partial charge in [-0.05, 0) is 30.3 Å². The van der Waals surface area contributed by atoms with E-state index in [-0.39, 0.29) is 10.7 Å². The average Bonchev–Trinajstić information content (AvgIpc) is 2.86. The number of rotatable bonds is 4. The predicted molar refractivity (Wildman–Crippen MR) is 75.7 cm³/mol. The predicted octanol–water partition coefficient (Wildman–Crippen LogP) is 2.61. The number of carbonyl (C=O) groups is 2. The molecule has 0 unspecified atom stereocenters. The van der Waals surface area contributed by atoms with Crippen LogP contribution in [0.3, 0.4) is 0 Å². The van der Waals surface area contributed by atoms with E-state index in [1.807, 2.05) is 0 Å². The number of nitrogens with zero attached hydrogens (tertiary/aromatic N) is 1. The average molecular weight is 311 g/mol. The molecular weight excluding hydrogens is 299 g/mol. The number of ether oxygens (including phenoxy) is 1. The van der Waals surface area contributed by atoms with Crippen LogP contribution in [0.25, 0.3) is 0 Å². The van der Waals surface area contributed by atoms with Crippen molar-refractivity contribution in [2.24, 2.45) is 7.05 Å². The lowest BCUT2D eigenvalue weighted by atomic mass is 10.3. The molecule has 110 valence electrons. The molecule has 0 aliphatic heterocycles. The Balaban J connectivity index is 1.92. The molecule has 1 heterocycles. The van der Waals surface area contributed by atoms with E-state index in [1.54, 1.807) is 29.9 Å². The minimum Gasteiger partial charge on any atom is -0.451 e. The van der Waals surface area contributed by atoms with Crippen molar-refractivity contribution in [2.75, 3.05) is 11.9 Å². The van der Waals surface area contributed by atoms with Crippen LogP contribution < -0.4 is 5.32 Å². The summed E-state index contributed by atoms with van der Waals surface area (Å²) in [7, 11) is 1.68. The SMILES string of the molecule is Cn1cccc1C(=O)OCC(=O)Nc1cc(Cl)ccc1F. The first-order chi connectivity index (χ1) is 9.97. The molecule has 5 nitrogen and oxygen atoms in total. The maximum Gasteiger partial charge on any atom is 0.355 e. The monoisotopic (exact) mass is 310 g/mol.